The van der Waals surface area contributed by atoms with Crippen molar-refractivity contribution in [2.45, 2.75) is 43.9 Å². The Labute approximate surface area is 135 Å². The molecule has 1 unspecified atom stereocenters. The number of aliphatic carboxylic acids is 1. The van der Waals surface area contributed by atoms with Crippen LogP contribution in [-0.4, -0.2) is 40.3 Å². The summed E-state index contributed by atoms with van der Waals surface area (Å²) in [4.78, 5) is 25.7. The maximum absolute atomic E-state index is 12.7. The molecule has 1 N–H and O–H groups in total. The van der Waals surface area contributed by atoms with Gasteiger partial charge in [-0.25, -0.2) is 4.79 Å². The van der Waals surface area contributed by atoms with Crippen LogP contribution in [0.2, 0.25) is 0 Å². The van der Waals surface area contributed by atoms with E-state index in [-0.39, 0.29) is 12.5 Å². The zero-order valence-electron chi connectivity index (χ0n) is 13.0. The van der Waals surface area contributed by atoms with Gasteiger partial charge in [0.05, 0.1) is 6.61 Å². The second-order valence-electron chi connectivity index (χ2n) is 6.12. The molecular weight excluding hydrogens is 294 g/mol. The maximum Gasteiger partial charge on any atom is 0.328 e. The first-order valence-corrected chi connectivity index (χ1v) is 8.06. The number of nitrogens with zero attached hydrogens (tertiary/aromatic N) is 1. The summed E-state index contributed by atoms with van der Waals surface area (Å²) in [5.41, 5.74) is 0.171. The van der Waals surface area contributed by atoms with Crippen LogP contribution in [0.25, 0.3) is 6.08 Å². The summed E-state index contributed by atoms with van der Waals surface area (Å²) in [6.07, 6.45) is 7.61. The Morgan fingerprint density at radius 1 is 1.17 bits per heavy atom. The van der Waals surface area contributed by atoms with E-state index in [4.69, 9.17) is 4.74 Å². The molecule has 1 aromatic carbocycles. The lowest BCUT2D eigenvalue weighted by Crippen LogP contribution is -2.54. The highest BCUT2D eigenvalue weighted by Crippen LogP contribution is 2.40. The highest BCUT2D eigenvalue weighted by atomic mass is 16.5. The highest BCUT2D eigenvalue weighted by molar-refractivity contribution is 5.95. The van der Waals surface area contributed by atoms with Crippen LogP contribution in [0.5, 0.6) is 0 Å². The van der Waals surface area contributed by atoms with Crippen LogP contribution in [0.1, 0.15) is 37.7 Å². The number of carbonyl (C=O) groups is 2. The van der Waals surface area contributed by atoms with E-state index in [1.165, 1.54) is 11.0 Å². The van der Waals surface area contributed by atoms with Crippen molar-refractivity contribution in [1.82, 2.24) is 4.90 Å². The third-order valence-electron chi connectivity index (χ3n) is 4.64. The van der Waals surface area contributed by atoms with E-state index in [0.29, 0.717) is 12.8 Å². The van der Waals surface area contributed by atoms with Gasteiger partial charge in [-0.15, -0.1) is 0 Å². The van der Waals surface area contributed by atoms with Crippen molar-refractivity contribution >= 4 is 18.0 Å². The fourth-order valence-electron chi connectivity index (χ4n) is 3.50. The number of carbonyl (C=O) groups excluding carboxylic acids is 1. The summed E-state index contributed by atoms with van der Waals surface area (Å²) in [5.74, 6) is -1.30. The second kappa shape index (κ2) is 6.54. The summed E-state index contributed by atoms with van der Waals surface area (Å²) in [7, 11) is 0. The molecule has 5 nitrogen and oxygen atoms in total. The van der Waals surface area contributed by atoms with Crippen molar-refractivity contribution in [3.05, 3.63) is 42.0 Å². The minimum absolute atomic E-state index is 0.0697. The standard InChI is InChI=1S/C18H21NO4/c20-16(10-9-14-7-3-1-4-8-14)19-15(17(21)22)13-23-18(19)11-5-2-6-12-18/h1,3-4,7-10,15H,2,5-6,11-13H2,(H,21,22)/b10-9-. The molecule has 3 rings (SSSR count). The Balaban J connectivity index is 1.84. The van der Waals surface area contributed by atoms with Crippen LogP contribution < -0.4 is 0 Å². The number of carboxylic acids is 1. The molecule has 23 heavy (non-hydrogen) atoms. The number of hydrogen-bond acceptors (Lipinski definition) is 3. The minimum Gasteiger partial charge on any atom is -0.480 e. The number of hydrogen-bond donors (Lipinski definition) is 1. The molecule has 5 heteroatoms. The molecule has 1 saturated carbocycles. The van der Waals surface area contributed by atoms with Gasteiger partial charge in [0.1, 0.15) is 5.72 Å². The van der Waals surface area contributed by atoms with Gasteiger partial charge in [-0.05, 0) is 37.3 Å². The van der Waals surface area contributed by atoms with Gasteiger partial charge in [0.15, 0.2) is 6.04 Å². The summed E-state index contributed by atoms with van der Waals surface area (Å²) in [5, 5.41) is 9.43. The van der Waals surface area contributed by atoms with Crippen LogP contribution in [-0.2, 0) is 14.3 Å². The van der Waals surface area contributed by atoms with Gasteiger partial charge in [0, 0.05) is 6.08 Å². The van der Waals surface area contributed by atoms with Crippen molar-refractivity contribution < 1.29 is 19.4 Å². The molecular formula is C18H21NO4. The van der Waals surface area contributed by atoms with Gasteiger partial charge in [-0.1, -0.05) is 36.8 Å². The Morgan fingerprint density at radius 3 is 2.52 bits per heavy atom. The van der Waals surface area contributed by atoms with Crippen molar-refractivity contribution in [1.29, 1.82) is 0 Å². The molecule has 1 atom stereocenters. The van der Waals surface area contributed by atoms with Crippen LogP contribution >= 0.6 is 0 Å². The van der Waals surface area contributed by atoms with E-state index in [0.717, 1.165) is 24.8 Å². The predicted octanol–water partition coefficient (Wildman–Crippen LogP) is 2.67. The highest BCUT2D eigenvalue weighted by Gasteiger charge is 2.52. The average Bonchev–Trinajstić information content (AvgIpc) is 2.93. The molecule has 0 radical (unpaired) electrons. The van der Waals surface area contributed by atoms with Gasteiger partial charge >= 0.3 is 5.97 Å². The van der Waals surface area contributed by atoms with Gasteiger partial charge in [-0.2, -0.15) is 0 Å². The third kappa shape index (κ3) is 3.15. The first kappa shape index (κ1) is 15.7. The van der Waals surface area contributed by atoms with Crippen LogP contribution in [0.15, 0.2) is 36.4 Å². The monoisotopic (exact) mass is 315 g/mol. The van der Waals surface area contributed by atoms with Crippen molar-refractivity contribution in [2.24, 2.45) is 0 Å². The lowest BCUT2D eigenvalue weighted by molar-refractivity contribution is -0.159. The number of carboxylic acid groups (broad SMARTS) is 1. The Bertz CT molecular complexity index is 605. The fraction of sp³-hybridized carbons (Fsp3) is 0.444. The van der Waals surface area contributed by atoms with Crippen LogP contribution in [0.4, 0.5) is 0 Å². The first-order valence-electron chi connectivity index (χ1n) is 8.06. The molecule has 1 aliphatic heterocycles. The molecule has 1 saturated heterocycles. The van der Waals surface area contributed by atoms with Crippen LogP contribution in [0, 0.1) is 0 Å². The van der Waals surface area contributed by atoms with E-state index in [9.17, 15) is 14.7 Å². The van der Waals surface area contributed by atoms with Crippen molar-refractivity contribution in [3.63, 3.8) is 0 Å². The van der Waals surface area contributed by atoms with Gasteiger partial charge in [-0.3, -0.25) is 9.69 Å². The number of amides is 1. The maximum atomic E-state index is 12.7. The van der Waals surface area contributed by atoms with E-state index in [2.05, 4.69) is 0 Å². The van der Waals surface area contributed by atoms with E-state index >= 15 is 0 Å². The van der Waals surface area contributed by atoms with Gasteiger partial charge in [0.2, 0.25) is 5.91 Å². The molecule has 1 spiro atoms. The number of ether oxygens (including phenoxy) is 1. The molecule has 122 valence electrons. The molecule has 0 bridgehead atoms. The quantitative estimate of drug-likeness (QED) is 0.871. The molecule has 1 aromatic rings. The molecule has 0 aromatic heterocycles. The molecule has 2 aliphatic rings. The summed E-state index contributed by atoms with van der Waals surface area (Å²) >= 11 is 0. The van der Waals surface area contributed by atoms with Gasteiger partial charge < -0.3 is 9.84 Å². The lowest BCUT2D eigenvalue weighted by atomic mass is 9.90. The molecule has 1 heterocycles. The Morgan fingerprint density at radius 2 is 1.87 bits per heavy atom. The minimum atomic E-state index is -1.01. The first-order chi connectivity index (χ1) is 11.1. The normalized spacial score (nSPS) is 23.5. The molecule has 2 fully saturated rings. The SMILES string of the molecule is O=C(O)C1COC2(CCCCC2)N1C(=O)/C=C\c1ccccc1. The molecule has 1 aliphatic carbocycles. The largest absolute Gasteiger partial charge is 0.480 e. The fourth-order valence-corrected chi connectivity index (χ4v) is 3.50. The Hall–Kier alpha value is -2.14. The summed E-state index contributed by atoms with van der Waals surface area (Å²) in [6.45, 7) is 0.0697. The van der Waals surface area contributed by atoms with E-state index in [1.807, 2.05) is 30.3 Å². The molecule has 1 amide bonds. The van der Waals surface area contributed by atoms with E-state index in [1.54, 1.807) is 6.08 Å². The zero-order valence-corrected chi connectivity index (χ0v) is 13.0. The predicted molar refractivity (Wildman–Crippen MR) is 85.5 cm³/mol. The van der Waals surface area contributed by atoms with Crippen molar-refractivity contribution in [3.8, 4) is 0 Å². The number of benzene rings is 1. The van der Waals surface area contributed by atoms with Crippen LogP contribution in [0.3, 0.4) is 0 Å². The summed E-state index contributed by atoms with van der Waals surface area (Å²) in [6, 6.07) is 8.59. The van der Waals surface area contributed by atoms with E-state index < -0.39 is 17.7 Å². The van der Waals surface area contributed by atoms with Gasteiger partial charge in [0.25, 0.3) is 0 Å². The van der Waals surface area contributed by atoms with Crippen molar-refractivity contribution in [2.75, 3.05) is 6.61 Å². The topological polar surface area (TPSA) is 66.8 Å². The summed E-state index contributed by atoms with van der Waals surface area (Å²) < 4.78 is 5.83. The Kier molecular flexibility index (Phi) is 4.48. The smallest absolute Gasteiger partial charge is 0.328 e. The number of rotatable bonds is 3. The third-order valence-corrected chi connectivity index (χ3v) is 4.64. The lowest BCUT2D eigenvalue weighted by Gasteiger charge is -2.40. The second-order valence-corrected chi connectivity index (χ2v) is 6.12. The average molecular weight is 315 g/mol. The zero-order chi connectivity index (χ0) is 16.3.